The van der Waals surface area contributed by atoms with Gasteiger partial charge in [-0.3, -0.25) is 0 Å². The average molecular weight is 208 g/mol. The maximum absolute atomic E-state index is 8.85. The number of methoxy groups -OCH3 is 1. The van der Waals surface area contributed by atoms with E-state index in [1.165, 1.54) is 11.1 Å². The Morgan fingerprint density at radius 2 is 1.93 bits per heavy atom. The lowest BCUT2D eigenvalue weighted by Gasteiger charge is -2.26. The van der Waals surface area contributed by atoms with Gasteiger partial charge >= 0.3 is 0 Å². The average Bonchev–Trinajstić information content (AvgIpc) is 2.26. The first-order chi connectivity index (χ1) is 7.11. The molecular weight excluding hydrogens is 188 g/mol. The Balaban J connectivity index is 2.95. The summed E-state index contributed by atoms with van der Waals surface area (Å²) in [5.41, 5.74) is 2.21. The maximum atomic E-state index is 8.85. The molecule has 0 saturated heterocycles. The van der Waals surface area contributed by atoms with Crippen LogP contribution in [0.2, 0.25) is 0 Å². The van der Waals surface area contributed by atoms with Gasteiger partial charge in [0.05, 0.1) is 5.60 Å². The molecule has 1 N–H and O–H groups in total. The fourth-order valence-electron chi connectivity index (χ4n) is 1.71. The minimum atomic E-state index is -0.258. The highest BCUT2D eigenvalue weighted by atomic mass is 16.5. The minimum Gasteiger partial charge on any atom is -0.396 e. The first-order valence-electron chi connectivity index (χ1n) is 5.36. The summed E-state index contributed by atoms with van der Waals surface area (Å²) in [6, 6.07) is 8.25. The lowest BCUT2D eigenvalue weighted by Crippen LogP contribution is -2.21. The van der Waals surface area contributed by atoms with Gasteiger partial charge in [-0.25, -0.2) is 0 Å². The third kappa shape index (κ3) is 3.05. The standard InChI is InChI=1S/C13H20O2/c1-13(2,15-3)12-9-5-4-7-11(12)8-6-10-14/h4-5,7,9,14H,6,8,10H2,1-3H3. The van der Waals surface area contributed by atoms with E-state index in [4.69, 9.17) is 9.84 Å². The second kappa shape index (κ2) is 5.29. The molecule has 1 rings (SSSR count). The number of hydrogen-bond donors (Lipinski definition) is 1. The molecule has 84 valence electrons. The Hall–Kier alpha value is -0.860. The summed E-state index contributed by atoms with van der Waals surface area (Å²) in [7, 11) is 1.73. The van der Waals surface area contributed by atoms with Crippen molar-refractivity contribution in [1.29, 1.82) is 0 Å². The van der Waals surface area contributed by atoms with Crippen LogP contribution in [0.1, 0.15) is 31.4 Å². The maximum Gasteiger partial charge on any atom is 0.0874 e. The van der Waals surface area contributed by atoms with Gasteiger partial charge < -0.3 is 9.84 Å². The molecule has 0 bridgehead atoms. The van der Waals surface area contributed by atoms with Crippen molar-refractivity contribution >= 4 is 0 Å². The molecule has 1 aromatic carbocycles. The van der Waals surface area contributed by atoms with E-state index in [-0.39, 0.29) is 12.2 Å². The third-order valence-electron chi connectivity index (χ3n) is 2.78. The van der Waals surface area contributed by atoms with Gasteiger partial charge in [0, 0.05) is 13.7 Å². The molecule has 0 saturated carbocycles. The van der Waals surface area contributed by atoms with E-state index >= 15 is 0 Å². The fourth-order valence-corrected chi connectivity index (χ4v) is 1.71. The summed E-state index contributed by atoms with van der Waals surface area (Å²) in [6.07, 6.45) is 1.70. The molecule has 0 spiro atoms. The van der Waals surface area contributed by atoms with E-state index in [0.29, 0.717) is 0 Å². The van der Waals surface area contributed by atoms with Crippen LogP contribution in [0.15, 0.2) is 24.3 Å². The number of rotatable bonds is 5. The normalized spacial score (nSPS) is 11.7. The molecule has 15 heavy (non-hydrogen) atoms. The second-order valence-electron chi connectivity index (χ2n) is 4.20. The van der Waals surface area contributed by atoms with E-state index in [0.717, 1.165) is 12.8 Å². The summed E-state index contributed by atoms with van der Waals surface area (Å²) in [6.45, 7) is 4.36. The SMILES string of the molecule is COC(C)(C)c1ccccc1CCCO. The topological polar surface area (TPSA) is 29.5 Å². The number of hydrogen-bond acceptors (Lipinski definition) is 2. The van der Waals surface area contributed by atoms with Crippen LogP contribution in [-0.4, -0.2) is 18.8 Å². The van der Waals surface area contributed by atoms with E-state index in [9.17, 15) is 0 Å². The van der Waals surface area contributed by atoms with Gasteiger partial charge in [0.2, 0.25) is 0 Å². The molecule has 0 aliphatic carbocycles. The van der Waals surface area contributed by atoms with Crippen LogP contribution in [0, 0.1) is 0 Å². The number of ether oxygens (including phenoxy) is 1. The number of aliphatic hydroxyl groups is 1. The van der Waals surface area contributed by atoms with Crippen LogP contribution in [0.4, 0.5) is 0 Å². The number of aliphatic hydroxyl groups excluding tert-OH is 1. The molecule has 0 atom stereocenters. The quantitative estimate of drug-likeness (QED) is 0.805. The lowest BCUT2D eigenvalue weighted by molar-refractivity contribution is 0.0184. The molecule has 2 heteroatoms. The third-order valence-corrected chi connectivity index (χ3v) is 2.78. The number of aryl methyl sites for hydroxylation is 1. The van der Waals surface area contributed by atoms with Crippen molar-refractivity contribution in [2.75, 3.05) is 13.7 Å². The molecule has 0 aliphatic heterocycles. The van der Waals surface area contributed by atoms with Crippen LogP contribution in [0.25, 0.3) is 0 Å². The van der Waals surface area contributed by atoms with Gasteiger partial charge in [-0.15, -0.1) is 0 Å². The molecule has 0 aliphatic rings. The predicted octanol–water partition coefficient (Wildman–Crippen LogP) is 2.49. The molecule has 0 aromatic heterocycles. The van der Waals surface area contributed by atoms with Crippen LogP contribution in [0.5, 0.6) is 0 Å². The Labute approximate surface area is 91.9 Å². The van der Waals surface area contributed by atoms with E-state index in [1.807, 2.05) is 12.1 Å². The molecule has 0 radical (unpaired) electrons. The van der Waals surface area contributed by atoms with Crippen molar-refractivity contribution in [2.24, 2.45) is 0 Å². The smallest absolute Gasteiger partial charge is 0.0874 e. The predicted molar refractivity (Wildman–Crippen MR) is 61.9 cm³/mol. The van der Waals surface area contributed by atoms with Gasteiger partial charge in [0.1, 0.15) is 0 Å². The highest BCUT2D eigenvalue weighted by Gasteiger charge is 2.21. The molecule has 0 amide bonds. The summed E-state index contributed by atoms with van der Waals surface area (Å²) in [5, 5.41) is 8.85. The van der Waals surface area contributed by atoms with Gasteiger partial charge in [0.15, 0.2) is 0 Å². The van der Waals surface area contributed by atoms with Crippen molar-refractivity contribution < 1.29 is 9.84 Å². The first kappa shape index (κ1) is 12.2. The molecule has 0 fully saturated rings. The minimum absolute atomic E-state index is 0.238. The van der Waals surface area contributed by atoms with Crippen LogP contribution < -0.4 is 0 Å². The van der Waals surface area contributed by atoms with E-state index in [2.05, 4.69) is 26.0 Å². The summed E-state index contributed by atoms with van der Waals surface area (Å²) < 4.78 is 5.48. The van der Waals surface area contributed by atoms with Crippen molar-refractivity contribution in [3.05, 3.63) is 35.4 Å². The Kier molecular flexibility index (Phi) is 4.30. The fraction of sp³-hybridized carbons (Fsp3) is 0.538. The zero-order valence-electron chi connectivity index (χ0n) is 9.79. The Bertz CT molecular complexity index is 305. The molecule has 0 unspecified atom stereocenters. The zero-order valence-corrected chi connectivity index (χ0v) is 9.79. The first-order valence-corrected chi connectivity index (χ1v) is 5.36. The molecule has 2 nitrogen and oxygen atoms in total. The van der Waals surface area contributed by atoms with E-state index in [1.54, 1.807) is 7.11 Å². The highest BCUT2D eigenvalue weighted by Crippen LogP contribution is 2.27. The van der Waals surface area contributed by atoms with Crippen LogP contribution in [-0.2, 0) is 16.8 Å². The summed E-state index contributed by atoms with van der Waals surface area (Å²) in [5.74, 6) is 0. The highest BCUT2D eigenvalue weighted by molar-refractivity contribution is 5.31. The largest absolute Gasteiger partial charge is 0.396 e. The Morgan fingerprint density at radius 1 is 1.27 bits per heavy atom. The summed E-state index contributed by atoms with van der Waals surface area (Å²) in [4.78, 5) is 0. The second-order valence-corrected chi connectivity index (χ2v) is 4.20. The monoisotopic (exact) mass is 208 g/mol. The molecular formula is C13H20O2. The van der Waals surface area contributed by atoms with Crippen molar-refractivity contribution in [2.45, 2.75) is 32.3 Å². The summed E-state index contributed by atoms with van der Waals surface area (Å²) >= 11 is 0. The van der Waals surface area contributed by atoms with E-state index < -0.39 is 0 Å². The lowest BCUT2D eigenvalue weighted by atomic mass is 9.91. The van der Waals surface area contributed by atoms with Crippen molar-refractivity contribution in [1.82, 2.24) is 0 Å². The van der Waals surface area contributed by atoms with Crippen LogP contribution in [0.3, 0.4) is 0 Å². The molecule has 0 heterocycles. The number of benzene rings is 1. The van der Waals surface area contributed by atoms with Gasteiger partial charge in [-0.1, -0.05) is 24.3 Å². The van der Waals surface area contributed by atoms with Crippen molar-refractivity contribution in [3.8, 4) is 0 Å². The Morgan fingerprint density at radius 3 is 2.53 bits per heavy atom. The van der Waals surface area contributed by atoms with Gasteiger partial charge in [-0.2, -0.15) is 0 Å². The van der Waals surface area contributed by atoms with Gasteiger partial charge in [0.25, 0.3) is 0 Å². The van der Waals surface area contributed by atoms with Gasteiger partial charge in [-0.05, 0) is 37.8 Å². The van der Waals surface area contributed by atoms with Crippen LogP contribution >= 0.6 is 0 Å². The van der Waals surface area contributed by atoms with Crippen molar-refractivity contribution in [3.63, 3.8) is 0 Å². The molecule has 1 aromatic rings. The zero-order chi connectivity index (χ0) is 11.3.